The van der Waals surface area contributed by atoms with Crippen LogP contribution in [-0.2, 0) is 0 Å². The number of aromatic nitrogens is 4. The van der Waals surface area contributed by atoms with Crippen molar-refractivity contribution in [2.75, 3.05) is 47.6 Å². The van der Waals surface area contributed by atoms with Crippen LogP contribution in [0.25, 0.3) is 39.0 Å². The van der Waals surface area contributed by atoms with Gasteiger partial charge in [0.2, 0.25) is 11.9 Å². The molecule has 12 N–H and O–H groups in total. The van der Waals surface area contributed by atoms with E-state index in [1.165, 1.54) is 0 Å². The van der Waals surface area contributed by atoms with Crippen LogP contribution < -0.4 is 43.9 Å². The van der Waals surface area contributed by atoms with E-state index >= 15 is 0 Å². The second kappa shape index (κ2) is 13.3. The Hall–Kier alpha value is -5.60. The predicted molar refractivity (Wildman–Crippen MR) is 214 cm³/mol. The molecule has 0 atom stereocenters. The van der Waals surface area contributed by atoms with Gasteiger partial charge in [0.1, 0.15) is 24.6 Å². The van der Waals surface area contributed by atoms with Gasteiger partial charge in [-0.15, -0.1) is 56.7 Å². The summed E-state index contributed by atoms with van der Waals surface area (Å²) in [6.07, 6.45) is 3.39. The molecule has 51 heavy (non-hydrogen) atoms. The number of thiophene rings is 5. The highest BCUT2D eigenvalue weighted by Gasteiger charge is 2.28. The van der Waals surface area contributed by atoms with E-state index in [0.717, 1.165) is 60.3 Å². The number of aliphatic imine (C=N–C) groups is 2. The van der Waals surface area contributed by atoms with Crippen LogP contribution in [0.4, 0.5) is 46.5 Å². The molecule has 0 unspecified atom stereocenters. The van der Waals surface area contributed by atoms with Crippen molar-refractivity contribution in [2.24, 2.45) is 9.98 Å². The van der Waals surface area contributed by atoms with Crippen molar-refractivity contribution in [1.82, 2.24) is 19.9 Å². The van der Waals surface area contributed by atoms with Crippen molar-refractivity contribution in [2.45, 2.75) is 0 Å². The molecule has 0 fully saturated rings. The third-order valence-corrected chi connectivity index (χ3v) is 13.5. The predicted octanol–water partition coefficient (Wildman–Crippen LogP) is 7.01. The molecule has 0 saturated carbocycles. The monoisotopic (exact) mass is 770 g/mol. The molecule has 14 nitrogen and oxygen atoms in total. The van der Waals surface area contributed by atoms with Crippen LogP contribution in [0.15, 0.2) is 58.5 Å². The number of ether oxygens (including phenoxy) is 2. The Balaban J connectivity index is 1.03. The number of fused-ring (bicyclic) bond motifs is 1. The van der Waals surface area contributed by atoms with E-state index in [-0.39, 0.29) is 35.2 Å². The number of anilines is 6. The fourth-order valence-electron chi connectivity index (χ4n) is 5.11. The van der Waals surface area contributed by atoms with Gasteiger partial charge < -0.3 is 43.9 Å². The van der Waals surface area contributed by atoms with E-state index in [1.54, 1.807) is 69.1 Å². The van der Waals surface area contributed by atoms with Crippen LogP contribution in [0.2, 0.25) is 0 Å². The van der Waals surface area contributed by atoms with Crippen LogP contribution >= 0.6 is 56.7 Å². The smallest absolute Gasteiger partial charge is 0.224 e. The minimum atomic E-state index is 0.00730. The van der Waals surface area contributed by atoms with E-state index in [0.29, 0.717) is 24.6 Å². The number of nitrogen functional groups attached to an aromatic ring is 6. The summed E-state index contributed by atoms with van der Waals surface area (Å²) in [6, 6.07) is 16.6. The fourth-order valence-corrected chi connectivity index (χ4v) is 10.5. The quantitative estimate of drug-likeness (QED) is 0.0854. The number of hydrogen-bond donors (Lipinski definition) is 6. The van der Waals surface area contributed by atoms with Crippen LogP contribution in [-0.4, -0.2) is 45.6 Å². The molecule has 1 aliphatic rings. The first kappa shape index (κ1) is 32.6. The second-order valence-electron chi connectivity index (χ2n) is 10.8. The third-order valence-electron chi connectivity index (χ3n) is 7.35. The number of nitrogens with two attached hydrogens (primary N) is 6. The zero-order chi connectivity index (χ0) is 35.2. The Labute approximate surface area is 309 Å². The zero-order valence-corrected chi connectivity index (χ0v) is 30.3. The zero-order valence-electron chi connectivity index (χ0n) is 26.2. The summed E-state index contributed by atoms with van der Waals surface area (Å²) >= 11 is 8.26. The van der Waals surface area contributed by atoms with Crippen LogP contribution in [0.3, 0.4) is 0 Å². The number of rotatable bonds is 8. The summed E-state index contributed by atoms with van der Waals surface area (Å²) in [6.45, 7) is 0.982. The van der Waals surface area contributed by atoms with Crippen molar-refractivity contribution >= 4 is 116 Å². The molecule has 0 bridgehead atoms. The standard InChI is InChI=1S/C32H26N12O2S5/c33-27-21(28(34)42-31(37)41-27)39-11-13-1-3-15(47-13)17-5-7-19(49-17)25-23-24(46-10-9-45-23)26(51-25)20-8-6-18(50-20)16-4-2-14(48-16)12-40-22-29(35)43-32(38)44-30(22)36/h1-8,11-12H,9-10H2,(H6,33,34,37,41,42)(H6,35,36,38,43,44). The van der Waals surface area contributed by atoms with Crippen LogP contribution in [0.5, 0.6) is 11.5 Å². The Bertz CT molecular complexity index is 2280. The average Bonchev–Trinajstić information content (AvgIpc) is 3.93. The molecule has 8 heterocycles. The highest BCUT2D eigenvalue weighted by Crippen LogP contribution is 2.56. The highest BCUT2D eigenvalue weighted by atomic mass is 32.1. The van der Waals surface area contributed by atoms with E-state index in [4.69, 9.17) is 43.9 Å². The van der Waals surface area contributed by atoms with E-state index in [2.05, 4.69) is 66.3 Å². The lowest BCUT2D eigenvalue weighted by atomic mass is 10.2. The number of nitrogens with zero attached hydrogens (tertiary/aromatic N) is 6. The van der Waals surface area contributed by atoms with Gasteiger partial charge in [-0.05, 0) is 48.5 Å². The lowest BCUT2D eigenvalue weighted by molar-refractivity contribution is 0.175. The summed E-state index contributed by atoms with van der Waals surface area (Å²) in [7, 11) is 0. The first-order valence-electron chi connectivity index (χ1n) is 15.0. The van der Waals surface area contributed by atoms with Gasteiger partial charge in [0.15, 0.2) is 34.8 Å². The maximum Gasteiger partial charge on any atom is 0.224 e. The van der Waals surface area contributed by atoms with E-state index < -0.39 is 0 Å². The number of hydrogen-bond acceptors (Lipinski definition) is 19. The van der Waals surface area contributed by atoms with Gasteiger partial charge in [0.05, 0.1) is 9.75 Å². The molecule has 0 spiro atoms. The van der Waals surface area contributed by atoms with Crippen molar-refractivity contribution in [1.29, 1.82) is 0 Å². The molecule has 0 radical (unpaired) electrons. The van der Waals surface area contributed by atoms with Crippen molar-refractivity contribution in [3.05, 3.63) is 58.3 Å². The van der Waals surface area contributed by atoms with Gasteiger partial charge in [-0.3, -0.25) is 0 Å². The first-order valence-corrected chi connectivity index (χ1v) is 19.1. The molecule has 0 saturated heterocycles. The Kier molecular flexibility index (Phi) is 8.48. The topological polar surface area (TPSA) is 251 Å². The van der Waals surface area contributed by atoms with E-state index in [1.807, 2.05) is 12.1 Å². The van der Waals surface area contributed by atoms with Crippen molar-refractivity contribution in [3.8, 4) is 50.5 Å². The Morgan fingerprint density at radius 3 is 1.24 bits per heavy atom. The molecule has 8 rings (SSSR count). The summed E-state index contributed by atoms with van der Waals surface area (Å²) in [5.74, 6) is 2.10. The molecule has 256 valence electrons. The van der Waals surface area contributed by atoms with Gasteiger partial charge in [-0.2, -0.15) is 19.9 Å². The van der Waals surface area contributed by atoms with Gasteiger partial charge >= 0.3 is 0 Å². The SMILES string of the molecule is Nc1nc(N)c(N=Cc2ccc(-c3ccc(-c4sc(-c5ccc(-c6ccc(C=Nc7c(N)nc(N)nc7N)s6)s5)c5c4OCCO5)s3)s2)c(N)n1. The highest BCUT2D eigenvalue weighted by molar-refractivity contribution is 7.30. The molecule has 0 amide bonds. The van der Waals surface area contributed by atoms with Gasteiger partial charge in [0.25, 0.3) is 0 Å². The lowest BCUT2D eigenvalue weighted by Crippen LogP contribution is -2.14. The minimum Gasteiger partial charge on any atom is -0.485 e. The minimum absolute atomic E-state index is 0.00730. The normalized spacial score (nSPS) is 12.8. The Morgan fingerprint density at radius 1 is 0.471 bits per heavy atom. The maximum atomic E-state index is 6.21. The summed E-state index contributed by atoms with van der Waals surface area (Å²) in [5, 5.41) is 0. The molecule has 1 aliphatic heterocycles. The summed E-state index contributed by atoms with van der Waals surface area (Å²) < 4.78 is 12.4. The van der Waals surface area contributed by atoms with Gasteiger partial charge in [-0.25, -0.2) is 9.98 Å². The second-order valence-corrected chi connectivity index (χ2v) is 16.2. The third kappa shape index (κ3) is 6.43. The molecule has 19 heteroatoms. The summed E-state index contributed by atoms with van der Waals surface area (Å²) in [4.78, 5) is 35.2. The van der Waals surface area contributed by atoms with Gasteiger partial charge in [0, 0.05) is 51.4 Å². The van der Waals surface area contributed by atoms with Crippen molar-refractivity contribution < 1.29 is 9.47 Å². The fraction of sp³-hybridized carbons (Fsp3) is 0.0625. The lowest BCUT2D eigenvalue weighted by Gasteiger charge is -2.16. The van der Waals surface area contributed by atoms with Gasteiger partial charge in [-0.1, -0.05) is 0 Å². The van der Waals surface area contributed by atoms with Crippen LogP contribution in [0, 0.1) is 0 Å². The van der Waals surface area contributed by atoms with Crippen LogP contribution in [0.1, 0.15) is 9.75 Å². The molecular formula is C32H26N12O2S5. The molecular weight excluding hydrogens is 745 g/mol. The Morgan fingerprint density at radius 2 is 0.824 bits per heavy atom. The molecule has 7 aromatic heterocycles. The maximum absolute atomic E-state index is 6.21. The van der Waals surface area contributed by atoms with Crippen molar-refractivity contribution in [3.63, 3.8) is 0 Å². The first-order chi connectivity index (χ1) is 24.7. The van der Waals surface area contributed by atoms with E-state index in [9.17, 15) is 0 Å². The molecule has 0 aromatic carbocycles. The molecule has 7 aromatic rings. The largest absolute Gasteiger partial charge is 0.485 e. The molecule has 0 aliphatic carbocycles. The average molecular weight is 771 g/mol. The summed E-state index contributed by atoms with van der Waals surface area (Å²) in [5.41, 5.74) is 35.6.